The third-order valence-electron chi connectivity index (χ3n) is 3.80. The van der Waals surface area contributed by atoms with Gasteiger partial charge in [0, 0.05) is 12.5 Å². The maximum absolute atomic E-state index is 12.0. The number of likely N-dealkylation sites (tertiary alicyclic amines) is 1. The van der Waals surface area contributed by atoms with E-state index in [-0.39, 0.29) is 12.0 Å². The molecule has 2 rings (SSSR count). The van der Waals surface area contributed by atoms with Crippen molar-refractivity contribution in [2.45, 2.75) is 51.7 Å². The first-order valence-corrected chi connectivity index (χ1v) is 7.16. The lowest BCUT2D eigenvalue weighted by Crippen LogP contribution is -2.35. The summed E-state index contributed by atoms with van der Waals surface area (Å²) in [4.78, 5) is 13.6. The number of aliphatic hydroxyl groups is 1. The van der Waals surface area contributed by atoms with Crippen molar-refractivity contribution < 1.29 is 14.6 Å². The predicted octanol–water partition coefficient (Wildman–Crippen LogP) is 2.57. The Morgan fingerprint density at radius 1 is 1.32 bits per heavy atom. The van der Waals surface area contributed by atoms with Crippen molar-refractivity contribution in [2.24, 2.45) is 11.8 Å². The van der Waals surface area contributed by atoms with Crippen molar-refractivity contribution in [3.05, 3.63) is 12.2 Å². The van der Waals surface area contributed by atoms with Gasteiger partial charge in [0.25, 0.3) is 0 Å². The molecule has 4 nitrogen and oxygen atoms in total. The summed E-state index contributed by atoms with van der Waals surface area (Å²) in [6, 6.07) is 0. The summed E-state index contributed by atoms with van der Waals surface area (Å²) in [6.07, 6.45) is 6.90. The van der Waals surface area contributed by atoms with Gasteiger partial charge in [0.1, 0.15) is 5.60 Å². The average Bonchev–Trinajstić information content (AvgIpc) is 2.88. The molecule has 1 aliphatic heterocycles. The topological polar surface area (TPSA) is 49.8 Å². The number of hydrogen-bond donors (Lipinski definition) is 1. The molecule has 0 bridgehead atoms. The second-order valence-electron chi connectivity index (χ2n) is 6.76. The normalized spacial score (nSPS) is 28.1. The van der Waals surface area contributed by atoms with Gasteiger partial charge < -0.3 is 14.7 Å². The minimum absolute atomic E-state index is 0.192. The molecular formula is C15H25NO3. The van der Waals surface area contributed by atoms with Crippen molar-refractivity contribution in [3.63, 3.8) is 0 Å². The standard InChI is InChI=1S/C15H25NO3/c1-15(2,3)19-14(18)16-9-12(13(17)10-16)8-11-6-4-5-7-11/h4-5,11-13,17H,6-10H2,1-3H3. The van der Waals surface area contributed by atoms with E-state index in [1.165, 1.54) is 0 Å². The van der Waals surface area contributed by atoms with Crippen molar-refractivity contribution in [1.82, 2.24) is 4.90 Å². The molecule has 2 atom stereocenters. The van der Waals surface area contributed by atoms with Gasteiger partial charge in [-0.1, -0.05) is 12.2 Å². The van der Waals surface area contributed by atoms with Gasteiger partial charge in [-0.05, 0) is 46.0 Å². The fourth-order valence-electron chi connectivity index (χ4n) is 2.86. The first kappa shape index (κ1) is 14.4. The number of allylic oxidation sites excluding steroid dienone is 2. The Morgan fingerprint density at radius 2 is 1.95 bits per heavy atom. The largest absolute Gasteiger partial charge is 0.444 e. The summed E-state index contributed by atoms with van der Waals surface area (Å²) in [5.41, 5.74) is -0.477. The molecule has 108 valence electrons. The summed E-state index contributed by atoms with van der Waals surface area (Å²) >= 11 is 0. The SMILES string of the molecule is CC(C)(C)OC(=O)N1CC(O)C(CC2CC=CC2)C1. The zero-order valence-electron chi connectivity index (χ0n) is 12.1. The summed E-state index contributed by atoms with van der Waals surface area (Å²) in [7, 11) is 0. The molecule has 0 aromatic heterocycles. The Labute approximate surface area is 115 Å². The first-order chi connectivity index (χ1) is 8.85. The van der Waals surface area contributed by atoms with Gasteiger partial charge in [0.05, 0.1) is 12.6 Å². The molecule has 1 N–H and O–H groups in total. The van der Waals surface area contributed by atoms with Crippen LogP contribution in [-0.2, 0) is 4.74 Å². The van der Waals surface area contributed by atoms with Crippen LogP contribution < -0.4 is 0 Å². The monoisotopic (exact) mass is 267 g/mol. The Bertz CT molecular complexity index is 351. The molecule has 4 heteroatoms. The number of carbonyl (C=O) groups excluding carboxylic acids is 1. The van der Waals surface area contributed by atoms with E-state index < -0.39 is 11.7 Å². The van der Waals surface area contributed by atoms with E-state index in [0.717, 1.165) is 19.3 Å². The second kappa shape index (κ2) is 5.53. The van der Waals surface area contributed by atoms with E-state index >= 15 is 0 Å². The summed E-state index contributed by atoms with van der Waals surface area (Å²) in [5.74, 6) is 0.829. The van der Waals surface area contributed by atoms with Gasteiger partial charge in [-0.3, -0.25) is 0 Å². The lowest BCUT2D eigenvalue weighted by atomic mass is 9.91. The van der Waals surface area contributed by atoms with Gasteiger partial charge in [-0.25, -0.2) is 4.79 Å². The minimum atomic E-state index is -0.477. The second-order valence-corrected chi connectivity index (χ2v) is 6.76. The number of carbonyl (C=O) groups is 1. The Hall–Kier alpha value is -1.03. The highest BCUT2D eigenvalue weighted by Crippen LogP contribution is 2.31. The van der Waals surface area contributed by atoms with E-state index in [4.69, 9.17) is 4.74 Å². The van der Waals surface area contributed by atoms with E-state index in [1.807, 2.05) is 20.8 Å². The molecule has 0 radical (unpaired) electrons. The van der Waals surface area contributed by atoms with Crippen LogP contribution in [0.15, 0.2) is 12.2 Å². The highest BCUT2D eigenvalue weighted by Gasteiger charge is 2.37. The first-order valence-electron chi connectivity index (χ1n) is 7.16. The predicted molar refractivity (Wildman–Crippen MR) is 73.8 cm³/mol. The highest BCUT2D eigenvalue weighted by atomic mass is 16.6. The van der Waals surface area contributed by atoms with Crippen molar-refractivity contribution >= 4 is 6.09 Å². The quantitative estimate of drug-likeness (QED) is 0.782. The van der Waals surface area contributed by atoms with Crippen LogP contribution in [-0.4, -0.2) is 40.9 Å². The van der Waals surface area contributed by atoms with E-state index in [1.54, 1.807) is 4.90 Å². The third-order valence-corrected chi connectivity index (χ3v) is 3.80. The number of amides is 1. The molecule has 2 unspecified atom stereocenters. The van der Waals surface area contributed by atoms with Gasteiger partial charge in [-0.2, -0.15) is 0 Å². The number of hydrogen-bond acceptors (Lipinski definition) is 3. The van der Waals surface area contributed by atoms with Crippen LogP contribution in [0.4, 0.5) is 4.79 Å². The van der Waals surface area contributed by atoms with Crippen LogP contribution >= 0.6 is 0 Å². The van der Waals surface area contributed by atoms with Gasteiger partial charge in [0.15, 0.2) is 0 Å². The van der Waals surface area contributed by atoms with E-state index in [2.05, 4.69) is 12.2 Å². The molecule has 2 aliphatic rings. The van der Waals surface area contributed by atoms with Gasteiger partial charge in [-0.15, -0.1) is 0 Å². The van der Waals surface area contributed by atoms with E-state index in [9.17, 15) is 9.90 Å². The molecule has 1 heterocycles. The fraction of sp³-hybridized carbons (Fsp3) is 0.800. The zero-order chi connectivity index (χ0) is 14.0. The number of ether oxygens (including phenoxy) is 1. The lowest BCUT2D eigenvalue weighted by molar-refractivity contribution is 0.0269. The maximum atomic E-state index is 12.0. The highest BCUT2D eigenvalue weighted by molar-refractivity contribution is 5.68. The van der Waals surface area contributed by atoms with Crippen molar-refractivity contribution in [3.8, 4) is 0 Å². The fourth-order valence-corrected chi connectivity index (χ4v) is 2.86. The molecule has 1 saturated heterocycles. The van der Waals surface area contributed by atoms with Crippen LogP contribution in [0.2, 0.25) is 0 Å². The number of nitrogens with zero attached hydrogens (tertiary/aromatic N) is 1. The molecule has 0 aromatic carbocycles. The summed E-state index contributed by atoms with van der Waals surface area (Å²) in [6.45, 7) is 6.60. The van der Waals surface area contributed by atoms with Gasteiger partial charge >= 0.3 is 6.09 Å². The van der Waals surface area contributed by atoms with Crippen LogP contribution in [0, 0.1) is 11.8 Å². The minimum Gasteiger partial charge on any atom is -0.444 e. The Balaban J connectivity index is 1.84. The molecule has 0 saturated carbocycles. The number of aliphatic hydroxyl groups excluding tert-OH is 1. The van der Waals surface area contributed by atoms with Crippen LogP contribution in [0.25, 0.3) is 0 Å². The molecule has 0 spiro atoms. The average molecular weight is 267 g/mol. The Morgan fingerprint density at radius 3 is 2.53 bits per heavy atom. The van der Waals surface area contributed by atoms with Crippen molar-refractivity contribution in [2.75, 3.05) is 13.1 Å². The molecule has 1 aliphatic carbocycles. The van der Waals surface area contributed by atoms with Crippen molar-refractivity contribution in [1.29, 1.82) is 0 Å². The smallest absolute Gasteiger partial charge is 0.410 e. The molecule has 1 amide bonds. The molecular weight excluding hydrogens is 242 g/mol. The van der Waals surface area contributed by atoms with Crippen LogP contribution in [0.3, 0.4) is 0 Å². The Kier molecular flexibility index (Phi) is 4.19. The van der Waals surface area contributed by atoms with Crippen LogP contribution in [0.1, 0.15) is 40.0 Å². The van der Waals surface area contributed by atoms with E-state index in [0.29, 0.717) is 19.0 Å². The zero-order valence-corrected chi connectivity index (χ0v) is 12.1. The number of rotatable bonds is 2. The number of β-amino-alcohol motifs (C(OH)–C–C–N with tert-alkyl or cyclic N) is 1. The molecule has 19 heavy (non-hydrogen) atoms. The molecule has 0 aromatic rings. The molecule has 1 fully saturated rings. The summed E-state index contributed by atoms with van der Waals surface area (Å²) < 4.78 is 5.35. The lowest BCUT2D eigenvalue weighted by Gasteiger charge is -2.24. The van der Waals surface area contributed by atoms with Gasteiger partial charge in [0.2, 0.25) is 0 Å². The summed E-state index contributed by atoms with van der Waals surface area (Å²) in [5, 5.41) is 10.1. The third kappa shape index (κ3) is 3.96. The van der Waals surface area contributed by atoms with Crippen LogP contribution in [0.5, 0.6) is 0 Å². The maximum Gasteiger partial charge on any atom is 0.410 e.